The molecule has 5 rings (SSSR count). The van der Waals surface area contributed by atoms with Crippen LogP contribution in [-0.2, 0) is 20.9 Å². The zero-order valence-electron chi connectivity index (χ0n) is 20.0. The van der Waals surface area contributed by atoms with Gasteiger partial charge in [0.05, 0.1) is 5.70 Å². The van der Waals surface area contributed by atoms with E-state index in [4.69, 9.17) is 5.73 Å². The standard InChI is InChI=1S/C23H27N7O5S2/c1-28-6-3-5-15(28)12-4-2-7-29(8-12)9-13-10-36-21-17(20(32)30(21)18(13)22(33)34)26-19(31)16(27-35)14-11-37-23(24)25-14/h2,4,7-8,11,15,17,21,23,25H,3,5-6,9-10,24H2,1H3,(H2-,26,31,33,34,35)/p+1/t15?,17-,21?,23?/m1/s1. The number of carbonyl (C=O) groups is 3. The summed E-state index contributed by atoms with van der Waals surface area (Å²) in [4.78, 5) is 41.6. The summed E-state index contributed by atoms with van der Waals surface area (Å²) in [5.74, 6) is -2.08. The molecule has 37 heavy (non-hydrogen) atoms. The van der Waals surface area contributed by atoms with Gasteiger partial charge >= 0.3 is 5.97 Å². The van der Waals surface area contributed by atoms with Crippen molar-refractivity contribution >= 4 is 47.0 Å². The smallest absolute Gasteiger partial charge is 0.352 e. The molecule has 2 fully saturated rings. The van der Waals surface area contributed by atoms with Crippen LogP contribution >= 0.6 is 23.5 Å². The first-order valence-electron chi connectivity index (χ1n) is 11.8. The molecule has 2 amide bonds. The van der Waals surface area contributed by atoms with Gasteiger partial charge in [0.1, 0.15) is 22.6 Å². The highest BCUT2D eigenvalue weighted by molar-refractivity contribution is 8.02. The Bertz CT molecular complexity index is 1240. The van der Waals surface area contributed by atoms with E-state index in [2.05, 4.69) is 33.8 Å². The van der Waals surface area contributed by atoms with Gasteiger partial charge in [-0.1, -0.05) is 16.9 Å². The van der Waals surface area contributed by atoms with E-state index >= 15 is 0 Å². The summed E-state index contributed by atoms with van der Waals surface area (Å²) in [7, 11) is 2.10. The molecule has 1 aromatic rings. The van der Waals surface area contributed by atoms with Gasteiger partial charge in [-0.25, -0.2) is 9.36 Å². The van der Waals surface area contributed by atoms with Crippen molar-refractivity contribution in [3.05, 3.63) is 52.5 Å². The highest BCUT2D eigenvalue weighted by Gasteiger charge is 2.55. The van der Waals surface area contributed by atoms with Gasteiger partial charge in [-0.15, -0.1) is 11.8 Å². The highest BCUT2D eigenvalue weighted by atomic mass is 32.2. The summed E-state index contributed by atoms with van der Waals surface area (Å²) in [6.07, 6.45) is 6.16. The second-order valence-electron chi connectivity index (χ2n) is 9.25. The lowest BCUT2D eigenvalue weighted by Gasteiger charge is -2.49. The number of carboxylic acids is 1. The molecule has 3 unspecified atom stereocenters. The highest BCUT2D eigenvalue weighted by Crippen LogP contribution is 2.40. The normalized spacial score (nSPS) is 27.9. The molecule has 4 aliphatic rings. The largest absolute Gasteiger partial charge is 0.477 e. The van der Waals surface area contributed by atoms with Crippen LogP contribution in [0, 0.1) is 0 Å². The molecule has 0 saturated carbocycles. The molecule has 196 valence electrons. The lowest BCUT2D eigenvalue weighted by atomic mass is 10.0. The Labute approximate surface area is 221 Å². The molecule has 4 aliphatic heterocycles. The number of fused-ring (bicyclic) bond motifs is 1. The first-order chi connectivity index (χ1) is 17.8. The Morgan fingerprint density at radius 2 is 2.22 bits per heavy atom. The molecule has 0 spiro atoms. The minimum atomic E-state index is -1.19. The molecule has 4 atom stereocenters. The van der Waals surface area contributed by atoms with Crippen molar-refractivity contribution in [2.75, 3.05) is 19.3 Å². The molecule has 1 aromatic heterocycles. The number of thioether (sulfide) groups is 2. The molecule has 14 heteroatoms. The van der Waals surface area contributed by atoms with Crippen molar-refractivity contribution in [3.8, 4) is 0 Å². The molecule has 12 nitrogen and oxygen atoms in total. The van der Waals surface area contributed by atoms with Crippen LogP contribution in [-0.4, -0.2) is 79.9 Å². The van der Waals surface area contributed by atoms with Gasteiger partial charge in [0.2, 0.25) is 0 Å². The topological polar surface area (TPSA) is 164 Å². The average Bonchev–Trinajstić information content (AvgIpc) is 3.50. The number of nitrogens with one attached hydrogen (secondary N) is 2. The molecule has 2 saturated heterocycles. The predicted octanol–water partition coefficient (Wildman–Crippen LogP) is -0.270. The van der Waals surface area contributed by atoms with E-state index in [-0.39, 0.29) is 17.1 Å². The summed E-state index contributed by atoms with van der Waals surface area (Å²) in [5.41, 5.74) is 6.95. The summed E-state index contributed by atoms with van der Waals surface area (Å²) < 4.78 is 1.96. The maximum absolute atomic E-state index is 13.0. The number of carboxylic acid groups (broad SMARTS) is 1. The molecule has 0 aliphatic carbocycles. The Kier molecular flexibility index (Phi) is 7.16. The number of hydrogen-bond acceptors (Lipinski definition) is 10. The van der Waals surface area contributed by atoms with E-state index in [0.717, 1.165) is 19.4 Å². The van der Waals surface area contributed by atoms with Gasteiger partial charge in [0.25, 0.3) is 11.8 Å². The van der Waals surface area contributed by atoms with Crippen molar-refractivity contribution < 1.29 is 29.3 Å². The van der Waals surface area contributed by atoms with E-state index in [9.17, 15) is 24.7 Å². The maximum Gasteiger partial charge on any atom is 0.352 e. The maximum atomic E-state index is 13.0. The number of β-lactam (4-membered cyclic amide) rings is 1. The van der Waals surface area contributed by atoms with Gasteiger partial charge in [-0.3, -0.25) is 19.4 Å². The molecular weight excluding hydrogens is 518 g/mol. The van der Waals surface area contributed by atoms with E-state index in [1.165, 1.54) is 34.0 Å². The minimum absolute atomic E-state index is 0.0475. The number of likely N-dealkylation sites (tertiary alicyclic amines) is 1. The van der Waals surface area contributed by atoms with Gasteiger partial charge < -0.3 is 26.7 Å². The van der Waals surface area contributed by atoms with E-state index in [1.54, 1.807) is 5.41 Å². The average molecular weight is 547 g/mol. The number of nitrogens with zero attached hydrogens (tertiary/aromatic N) is 4. The second kappa shape index (κ2) is 10.4. The molecule has 0 bridgehead atoms. The lowest BCUT2D eigenvalue weighted by Crippen LogP contribution is -2.71. The zero-order chi connectivity index (χ0) is 26.3. The van der Waals surface area contributed by atoms with Crippen molar-refractivity contribution in [1.29, 1.82) is 0 Å². The van der Waals surface area contributed by atoms with Crippen LogP contribution in [0.1, 0.15) is 24.4 Å². The number of rotatable bonds is 7. The summed E-state index contributed by atoms with van der Waals surface area (Å²) in [6, 6.07) is 3.44. The zero-order valence-corrected chi connectivity index (χ0v) is 21.7. The number of aromatic nitrogens is 1. The number of hydrogen-bond donors (Lipinski definition) is 5. The number of pyridine rings is 1. The van der Waals surface area contributed by atoms with Crippen LogP contribution in [0.25, 0.3) is 0 Å². The van der Waals surface area contributed by atoms with Crippen LogP contribution in [0.3, 0.4) is 0 Å². The van der Waals surface area contributed by atoms with Crippen LogP contribution in [0.4, 0.5) is 0 Å². The Morgan fingerprint density at radius 1 is 1.41 bits per heavy atom. The van der Waals surface area contributed by atoms with Crippen LogP contribution in [0.15, 0.2) is 52.1 Å². The first kappa shape index (κ1) is 25.6. The van der Waals surface area contributed by atoms with E-state index in [1.807, 2.05) is 23.0 Å². The fourth-order valence-electron chi connectivity index (χ4n) is 5.11. The van der Waals surface area contributed by atoms with Gasteiger partial charge in [-0.05, 0) is 32.5 Å². The molecule has 5 heterocycles. The quantitative estimate of drug-likeness (QED) is 0.101. The van der Waals surface area contributed by atoms with Gasteiger partial charge in [0.15, 0.2) is 24.7 Å². The molecule has 0 radical (unpaired) electrons. The number of nitrogens with two attached hydrogens (primary N) is 1. The fraction of sp³-hybridized carbons (Fsp3) is 0.435. The van der Waals surface area contributed by atoms with Crippen molar-refractivity contribution in [2.45, 2.75) is 42.3 Å². The lowest BCUT2D eigenvalue weighted by molar-refractivity contribution is -0.689. The van der Waals surface area contributed by atoms with E-state index in [0.29, 0.717) is 23.9 Å². The van der Waals surface area contributed by atoms with Gasteiger partial charge in [-0.2, -0.15) is 0 Å². The van der Waals surface area contributed by atoms with Crippen molar-refractivity contribution in [2.24, 2.45) is 10.9 Å². The Morgan fingerprint density at radius 3 is 2.86 bits per heavy atom. The SMILES string of the molecule is CN1CCCC1c1ccc[n+](CC2=C(C(=O)O)N3C(=O)[C@@H](NC(=O)/C(=N\O)C4=CSC(N)N4)C3SC2)c1. The van der Waals surface area contributed by atoms with Crippen molar-refractivity contribution in [1.82, 2.24) is 20.4 Å². The number of aliphatic carboxylic acids is 1. The number of carbonyl (C=O) groups excluding carboxylic acids is 2. The third kappa shape index (κ3) is 4.81. The third-order valence-corrected chi connectivity index (χ3v) is 9.02. The summed E-state index contributed by atoms with van der Waals surface area (Å²) in [6.45, 7) is 1.39. The monoisotopic (exact) mass is 546 g/mol. The third-order valence-electron chi connectivity index (χ3n) is 6.90. The predicted molar refractivity (Wildman–Crippen MR) is 137 cm³/mol. The fourth-order valence-corrected chi connectivity index (χ4v) is 7.10. The molecular formula is C23H28N7O5S2+. The number of amides is 2. The molecule has 0 aromatic carbocycles. The Hall–Kier alpha value is -3.07. The van der Waals surface area contributed by atoms with Gasteiger partial charge in [0, 0.05) is 34.4 Å². The Balaban J connectivity index is 1.31. The van der Waals surface area contributed by atoms with Crippen LogP contribution in [0.5, 0.6) is 0 Å². The van der Waals surface area contributed by atoms with Crippen LogP contribution in [0.2, 0.25) is 0 Å². The summed E-state index contributed by atoms with van der Waals surface area (Å²) in [5, 5.41) is 28.8. The summed E-state index contributed by atoms with van der Waals surface area (Å²) >= 11 is 2.60. The first-order valence-corrected chi connectivity index (χ1v) is 13.8. The molecule has 6 N–H and O–H groups in total. The number of oxime groups is 1. The van der Waals surface area contributed by atoms with E-state index < -0.39 is 34.7 Å². The minimum Gasteiger partial charge on any atom is -0.477 e. The van der Waals surface area contributed by atoms with Crippen LogP contribution < -0.4 is 20.9 Å². The second-order valence-corrected chi connectivity index (χ2v) is 11.4. The van der Waals surface area contributed by atoms with Crippen molar-refractivity contribution in [3.63, 3.8) is 0 Å².